The summed E-state index contributed by atoms with van der Waals surface area (Å²) >= 11 is 0. The van der Waals surface area contributed by atoms with Crippen LogP contribution in [-0.2, 0) is 4.74 Å². The van der Waals surface area contributed by atoms with Gasteiger partial charge in [-0.3, -0.25) is 4.79 Å². The Bertz CT molecular complexity index is 378. The van der Waals surface area contributed by atoms with Crippen LogP contribution in [-0.4, -0.2) is 26.0 Å². The van der Waals surface area contributed by atoms with E-state index in [0.717, 1.165) is 31.7 Å². The number of nitrogens with one attached hydrogen (secondary N) is 1. The van der Waals surface area contributed by atoms with Crippen LogP contribution in [0.4, 0.5) is 11.4 Å². The van der Waals surface area contributed by atoms with E-state index in [2.05, 4.69) is 5.32 Å². The summed E-state index contributed by atoms with van der Waals surface area (Å²) < 4.78 is 4.97. The summed E-state index contributed by atoms with van der Waals surface area (Å²) in [6.07, 6.45) is 2.06. The molecule has 3 N–H and O–H groups in total. The zero-order chi connectivity index (χ0) is 12.7. The lowest BCUT2D eigenvalue weighted by Crippen LogP contribution is -2.05. The van der Waals surface area contributed by atoms with Crippen molar-refractivity contribution in [3.8, 4) is 0 Å². The number of carbonyl (C=O) groups excluding carboxylic acids is 1. The molecule has 17 heavy (non-hydrogen) atoms. The van der Waals surface area contributed by atoms with E-state index in [-0.39, 0.29) is 5.78 Å². The van der Waals surface area contributed by atoms with Crippen LogP contribution < -0.4 is 11.1 Å². The fourth-order valence-electron chi connectivity index (χ4n) is 1.58. The number of hydrogen-bond acceptors (Lipinski definition) is 4. The molecule has 0 saturated heterocycles. The lowest BCUT2D eigenvalue weighted by atomic mass is 10.1. The van der Waals surface area contributed by atoms with Gasteiger partial charge in [-0.2, -0.15) is 0 Å². The minimum atomic E-state index is -0.00877. The number of ketones is 1. The molecule has 0 saturated carbocycles. The molecule has 1 rings (SSSR count). The molecule has 0 unspecified atom stereocenters. The van der Waals surface area contributed by atoms with E-state index in [4.69, 9.17) is 10.5 Å². The van der Waals surface area contributed by atoms with E-state index >= 15 is 0 Å². The first-order chi connectivity index (χ1) is 8.15. The van der Waals surface area contributed by atoms with Crippen molar-refractivity contribution < 1.29 is 9.53 Å². The number of rotatable bonds is 7. The van der Waals surface area contributed by atoms with Crippen molar-refractivity contribution in [2.45, 2.75) is 19.8 Å². The summed E-state index contributed by atoms with van der Waals surface area (Å²) in [7, 11) is 1.70. The third kappa shape index (κ3) is 4.44. The Morgan fingerprint density at radius 3 is 2.82 bits per heavy atom. The number of Topliss-reactive ketones (excluding diaryl/α,β-unsaturated/α-hetero) is 1. The first kappa shape index (κ1) is 13.5. The van der Waals surface area contributed by atoms with Crippen LogP contribution in [0.25, 0.3) is 0 Å². The third-order valence-corrected chi connectivity index (χ3v) is 2.54. The number of anilines is 2. The van der Waals surface area contributed by atoms with Gasteiger partial charge in [-0.05, 0) is 38.0 Å². The van der Waals surface area contributed by atoms with Crippen molar-refractivity contribution in [3.05, 3.63) is 23.8 Å². The topological polar surface area (TPSA) is 64.3 Å². The molecule has 0 bridgehead atoms. The zero-order valence-corrected chi connectivity index (χ0v) is 10.5. The molecule has 0 fully saturated rings. The molecule has 4 heteroatoms. The van der Waals surface area contributed by atoms with Crippen molar-refractivity contribution >= 4 is 17.2 Å². The molecule has 0 spiro atoms. The predicted octanol–water partition coefficient (Wildman–Crippen LogP) is 2.31. The average Bonchev–Trinajstić information content (AvgIpc) is 2.30. The maximum atomic E-state index is 11.3. The number of unbranched alkanes of at least 4 members (excludes halogenated alkanes) is 1. The second kappa shape index (κ2) is 6.91. The molecule has 4 nitrogen and oxygen atoms in total. The van der Waals surface area contributed by atoms with Crippen LogP contribution in [0, 0.1) is 0 Å². The van der Waals surface area contributed by atoms with E-state index < -0.39 is 0 Å². The molecule has 0 atom stereocenters. The lowest BCUT2D eigenvalue weighted by molar-refractivity contribution is 0.101. The van der Waals surface area contributed by atoms with Crippen LogP contribution in [0.3, 0.4) is 0 Å². The van der Waals surface area contributed by atoms with Crippen molar-refractivity contribution in [1.82, 2.24) is 0 Å². The smallest absolute Gasteiger partial charge is 0.161 e. The number of ether oxygens (including phenoxy) is 1. The molecule has 0 amide bonds. The number of hydrogen-bond donors (Lipinski definition) is 2. The van der Waals surface area contributed by atoms with E-state index in [1.807, 2.05) is 6.07 Å². The van der Waals surface area contributed by atoms with Gasteiger partial charge in [0, 0.05) is 37.2 Å². The SMILES string of the molecule is COCCCCNc1ccc(N)c(C(C)=O)c1. The molecular formula is C13H20N2O2. The van der Waals surface area contributed by atoms with E-state index in [9.17, 15) is 4.79 Å². The molecule has 0 heterocycles. The van der Waals surface area contributed by atoms with Gasteiger partial charge in [-0.1, -0.05) is 0 Å². The highest BCUT2D eigenvalue weighted by Crippen LogP contribution is 2.18. The Kier molecular flexibility index (Phi) is 5.49. The molecule has 1 aromatic rings. The summed E-state index contributed by atoms with van der Waals surface area (Å²) in [6.45, 7) is 3.17. The monoisotopic (exact) mass is 236 g/mol. The molecule has 0 radical (unpaired) electrons. The Hall–Kier alpha value is -1.55. The molecule has 0 aromatic heterocycles. The summed E-state index contributed by atoms with van der Waals surface area (Å²) in [5.41, 5.74) is 7.76. The largest absolute Gasteiger partial charge is 0.398 e. The summed E-state index contributed by atoms with van der Waals surface area (Å²) in [5, 5.41) is 3.26. The minimum absolute atomic E-state index is 0.00877. The number of methoxy groups -OCH3 is 1. The zero-order valence-electron chi connectivity index (χ0n) is 10.5. The van der Waals surface area contributed by atoms with E-state index in [1.54, 1.807) is 19.2 Å². The van der Waals surface area contributed by atoms with Gasteiger partial charge in [-0.15, -0.1) is 0 Å². The highest BCUT2D eigenvalue weighted by atomic mass is 16.5. The van der Waals surface area contributed by atoms with Crippen molar-refractivity contribution in [2.75, 3.05) is 31.3 Å². The molecular weight excluding hydrogens is 216 g/mol. The standard InChI is InChI=1S/C13H20N2O2/c1-10(16)12-9-11(5-6-13(12)14)15-7-3-4-8-17-2/h5-6,9,15H,3-4,7-8,14H2,1-2H3. The maximum absolute atomic E-state index is 11.3. The second-order valence-electron chi connectivity index (χ2n) is 3.98. The Morgan fingerprint density at radius 1 is 1.41 bits per heavy atom. The first-order valence-electron chi connectivity index (χ1n) is 5.78. The first-order valence-corrected chi connectivity index (χ1v) is 5.78. The van der Waals surface area contributed by atoms with Gasteiger partial charge in [0.15, 0.2) is 5.78 Å². The summed E-state index contributed by atoms with van der Waals surface area (Å²) in [4.78, 5) is 11.3. The van der Waals surface area contributed by atoms with Crippen LogP contribution in [0.5, 0.6) is 0 Å². The number of benzene rings is 1. The molecule has 94 valence electrons. The Balaban J connectivity index is 2.49. The summed E-state index contributed by atoms with van der Waals surface area (Å²) in [5.74, 6) is -0.00877. The quantitative estimate of drug-likeness (QED) is 0.433. The van der Waals surface area contributed by atoms with Crippen molar-refractivity contribution in [1.29, 1.82) is 0 Å². The van der Waals surface area contributed by atoms with Gasteiger partial charge in [0.2, 0.25) is 0 Å². The van der Waals surface area contributed by atoms with Crippen LogP contribution in [0.2, 0.25) is 0 Å². The van der Waals surface area contributed by atoms with Gasteiger partial charge in [-0.25, -0.2) is 0 Å². The van der Waals surface area contributed by atoms with Gasteiger partial charge in [0.1, 0.15) is 0 Å². The highest BCUT2D eigenvalue weighted by Gasteiger charge is 2.05. The molecule has 0 aliphatic carbocycles. The fraction of sp³-hybridized carbons (Fsp3) is 0.462. The van der Waals surface area contributed by atoms with Crippen LogP contribution >= 0.6 is 0 Å². The lowest BCUT2D eigenvalue weighted by Gasteiger charge is -2.09. The molecule has 0 aliphatic heterocycles. The maximum Gasteiger partial charge on any atom is 0.161 e. The van der Waals surface area contributed by atoms with Crippen LogP contribution in [0.15, 0.2) is 18.2 Å². The van der Waals surface area contributed by atoms with E-state index in [0.29, 0.717) is 11.3 Å². The second-order valence-corrected chi connectivity index (χ2v) is 3.98. The number of nitrogen functional groups attached to an aromatic ring is 1. The Morgan fingerprint density at radius 2 is 2.18 bits per heavy atom. The fourth-order valence-corrected chi connectivity index (χ4v) is 1.58. The van der Waals surface area contributed by atoms with E-state index in [1.165, 1.54) is 6.92 Å². The normalized spacial score (nSPS) is 10.2. The third-order valence-electron chi connectivity index (χ3n) is 2.54. The van der Waals surface area contributed by atoms with Gasteiger partial charge in [0.25, 0.3) is 0 Å². The molecule has 1 aromatic carbocycles. The van der Waals surface area contributed by atoms with Gasteiger partial charge >= 0.3 is 0 Å². The van der Waals surface area contributed by atoms with Crippen LogP contribution in [0.1, 0.15) is 30.1 Å². The van der Waals surface area contributed by atoms with Crippen molar-refractivity contribution in [2.24, 2.45) is 0 Å². The van der Waals surface area contributed by atoms with Crippen molar-refractivity contribution in [3.63, 3.8) is 0 Å². The Labute approximate surface area is 102 Å². The number of carbonyl (C=O) groups is 1. The summed E-state index contributed by atoms with van der Waals surface area (Å²) in [6, 6.07) is 5.44. The van der Waals surface area contributed by atoms with Gasteiger partial charge < -0.3 is 15.8 Å². The number of nitrogens with two attached hydrogens (primary N) is 1. The minimum Gasteiger partial charge on any atom is -0.398 e. The average molecular weight is 236 g/mol. The predicted molar refractivity (Wildman–Crippen MR) is 70.5 cm³/mol. The molecule has 0 aliphatic rings. The van der Waals surface area contributed by atoms with Gasteiger partial charge in [0.05, 0.1) is 0 Å². The highest BCUT2D eigenvalue weighted by molar-refractivity contribution is 5.99.